The van der Waals surface area contributed by atoms with Crippen molar-refractivity contribution < 1.29 is 43.8 Å². The summed E-state index contributed by atoms with van der Waals surface area (Å²) in [5, 5.41) is 32.7. The highest BCUT2D eigenvalue weighted by Gasteiger charge is 2.33. The number of Topliss-reactive ketones (excluding diaryl/α,β-unsaturated/α-hetero) is 1. The summed E-state index contributed by atoms with van der Waals surface area (Å²) in [5.41, 5.74) is 17.5. The third kappa shape index (κ3) is 16.5. The second kappa shape index (κ2) is 22.8. The van der Waals surface area contributed by atoms with E-state index in [0.717, 1.165) is 0 Å². The fourth-order valence-corrected chi connectivity index (χ4v) is 5.80. The fraction of sp³-hybridized carbons (Fsp3) is 0.583. The van der Waals surface area contributed by atoms with Gasteiger partial charge in [-0.05, 0) is 87.9 Å². The highest BCUT2D eigenvalue weighted by molar-refractivity contribution is 5.96. The van der Waals surface area contributed by atoms with Gasteiger partial charge in [-0.1, -0.05) is 38.1 Å². The number of phenolic OH excluding ortho intramolecular Hbond substituents is 1. The van der Waals surface area contributed by atoms with Crippen molar-refractivity contribution in [3.8, 4) is 5.75 Å². The van der Waals surface area contributed by atoms with Crippen molar-refractivity contribution in [2.24, 2.45) is 29.0 Å². The van der Waals surface area contributed by atoms with Gasteiger partial charge < -0.3 is 54.0 Å². The number of urea groups is 1. The molecule has 1 aliphatic heterocycles. The minimum absolute atomic E-state index is 0.00511. The smallest absolute Gasteiger partial charge is 0.312 e. The SMILES string of the molecule is CC(C)C[C@H](CC(=O)[C@H](Cc1ccc(O)cc1)NC(=O)[C@@H]1CC=CC[C@H](N)C(=O)N[C@@H](CCCNC(N)=O)C(=O)N[C@@H](CCCCN)C(=O)N1)C(=O)O. The molecule has 0 saturated heterocycles. The van der Waals surface area contributed by atoms with Gasteiger partial charge in [0.1, 0.15) is 23.9 Å². The summed E-state index contributed by atoms with van der Waals surface area (Å²) in [6.07, 6.45) is 4.44. The van der Waals surface area contributed by atoms with Crippen LogP contribution in [0.1, 0.15) is 77.2 Å². The van der Waals surface area contributed by atoms with Gasteiger partial charge in [-0.15, -0.1) is 0 Å². The molecule has 0 radical (unpaired) electrons. The van der Waals surface area contributed by atoms with Gasteiger partial charge in [0, 0.05) is 13.0 Å². The van der Waals surface area contributed by atoms with Crippen LogP contribution in [0, 0.1) is 11.8 Å². The molecule has 13 N–H and O–H groups in total. The van der Waals surface area contributed by atoms with E-state index in [-0.39, 0.29) is 69.6 Å². The Morgan fingerprint density at radius 2 is 1.49 bits per heavy atom. The summed E-state index contributed by atoms with van der Waals surface area (Å²) in [7, 11) is 0. The van der Waals surface area contributed by atoms with Crippen LogP contribution >= 0.6 is 0 Å². The van der Waals surface area contributed by atoms with Gasteiger partial charge in [-0.25, -0.2) is 4.79 Å². The summed E-state index contributed by atoms with van der Waals surface area (Å²) in [4.78, 5) is 91.0. The minimum Gasteiger partial charge on any atom is -0.508 e. The van der Waals surface area contributed by atoms with Gasteiger partial charge in [0.25, 0.3) is 0 Å². The van der Waals surface area contributed by atoms with E-state index >= 15 is 0 Å². The predicted molar refractivity (Wildman–Crippen MR) is 196 cm³/mol. The number of primary amides is 1. The Morgan fingerprint density at radius 1 is 0.887 bits per heavy atom. The molecule has 0 aliphatic carbocycles. The van der Waals surface area contributed by atoms with Gasteiger partial charge in [-0.3, -0.25) is 28.8 Å². The second-order valence-corrected chi connectivity index (χ2v) is 13.7. The number of nitrogens with two attached hydrogens (primary N) is 3. The van der Waals surface area contributed by atoms with Gasteiger partial charge in [0.2, 0.25) is 23.6 Å². The molecule has 2 rings (SSSR count). The number of phenols is 1. The highest BCUT2D eigenvalue weighted by Crippen LogP contribution is 2.19. The molecule has 0 bridgehead atoms. The summed E-state index contributed by atoms with van der Waals surface area (Å²) >= 11 is 0. The van der Waals surface area contributed by atoms with E-state index in [9.17, 15) is 43.8 Å². The number of nitrogens with one attached hydrogen (secondary N) is 5. The van der Waals surface area contributed by atoms with E-state index in [0.29, 0.717) is 24.9 Å². The Bertz CT molecular complexity index is 1440. The molecule has 1 aromatic rings. The topological polar surface area (TPSA) is 298 Å². The molecule has 0 aromatic heterocycles. The van der Waals surface area contributed by atoms with Crippen LogP contribution in [-0.2, 0) is 35.2 Å². The molecule has 1 aromatic carbocycles. The minimum atomic E-state index is -1.25. The Morgan fingerprint density at radius 3 is 2.09 bits per heavy atom. The maximum atomic E-state index is 13.9. The van der Waals surface area contributed by atoms with Crippen LogP contribution in [0.5, 0.6) is 5.75 Å². The Balaban J connectivity index is 2.42. The van der Waals surface area contributed by atoms with Crippen molar-refractivity contribution in [1.29, 1.82) is 0 Å². The van der Waals surface area contributed by atoms with Crippen molar-refractivity contribution in [1.82, 2.24) is 26.6 Å². The number of carboxylic acid groups (broad SMARTS) is 1. The molecule has 6 atom stereocenters. The molecule has 17 nitrogen and oxygen atoms in total. The van der Waals surface area contributed by atoms with Gasteiger partial charge in [-0.2, -0.15) is 0 Å². The molecule has 53 heavy (non-hydrogen) atoms. The average Bonchev–Trinajstić information content (AvgIpc) is 3.09. The zero-order valence-electron chi connectivity index (χ0n) is 30.5. The average molecular weight is 745 g/mol. The predicted octanol–water partition coefficient (Wildman–Crippen LogP) is -0.165. The molecule has 1 aliphatic rings. The Labute approximate surface area is 309 Å². The van der Waals surface area contributed by atoms with E-state index in [1.807, 2.05) is 13.8 Å². The molecule has 1 heterocycles. The van der Waals surface area contributed by atoms with Crippen molar-refractivity contribution in [3.05, 3.63) is 42.0 Å². The normalized spacial score (nSPS) is 21.0. The number of hydrogen-bond acceptors (Lipinski definition) is 10. The number of carbonyl (C=O) groups is 7. The van der Waals surface area contributed by atoms with Gasteiger partial charge >= 0.3 is 12.0 Å². The van der Waals surface area contributed by atoms with Gasteiger partial charge in [0.05, 0.1) is 18.0 Å². The lowest BCUT2D eigenvalue weighted by Gasteiger charge is -2.27. The van der Waals surface area contributed by atoms with Crippen LogP contribution in [0.2, 0.25) is 0 Å². The molecular weight excluding hydrogens is 688 g/mol. The quantitative estimate of drug-likeness (QED) is 0.0696. The number of carbonyl (C=O) groups excluding carboxylic acids is 6. The first-order valence-corrected chi connectivity index (χ1v) is 18.0. The molecule has 6 amide bonds. The van der Waals surface area contributed by atoms with Crippen molar-refractivity contribution >= 4 is 41.4 Å². The largest absolute Gasteiger partial charge is 0.508 e. The second-order valence-electron chi connectivity index (χ2n) is 13.7. The van der Waals surface area contributed by atoms with Crippen molar-refractivity contribution in [2.45, 2.75) is 108 Å². The van der Waals surface area contributed by atoms with E-state index in [4.69, 9.17) is 17.2 Å². The number of amides is 6. The zero-order valence-corrected chi connectivity index (χ0v) is 30.5. The number of unbranched alkanes of at least 4 members (excludes halogenated alkanes) is 1. The third-order valence-electron chi connectivity index (χ3n) is 8.71. The molecular formula is C36H56N8O9. The maximum Gasteiger partial charge on any atom is 0.312 e. The fourth-order valence-electron chi connectivity index (χ4n) is 5.80. The van der Waals surface area contributed by atoms with Crippen LogP contribution in [0.15, 0.2) is 36.4 Å². The van der Waals surface area contributed by atoms with Crippen LogP contribution in [0.4, 0.5) is 4.79 Å². The summed E-state index contributed by atoms with van der Waals surface area (Å²) < 4.78 is 0. The molecule has 0 saturated carbocycles. The van der Waals surface area contributed by atoms with Crippen molar-refractivity contribution in [3.63, 3.8) is 0 Å². The zero-order chi connectivity index (χ0) is 39.5. The number of carboxylic acids is 1. The highest BCUT2D eigenvalue weighted by atomic mass is 16.4. The Kier molecular flexibility index (Phi) is 19.0. The summed E-state index contributed by atoms with van der Waals surface area (Å²) in [6.45, 7) is 4.15. The lowest BCUT2D eigenvalue weighted by atomic mass is 9.89. The van der Waals surface area contributed by atoms with Crippen LogP contribution in [0.25, 0.3) is 0 Å². The number of ketones is 1. The van der Waals surface area contributed by atoms with Crippen LogP contribution in [-0.4, -0.2) is 94.9 Å². The van der Waals surface area contributed by atoms with Crippen molar-refractivity contribution in [2.75, 3.05) is 13.1 Å². The van der Waals surface area contributed by atoms with E-state index in [2.05, 4.69) is 26.6 Å². The van der Waals surface area contributed by atoms with E-state index < -0.39 is 77.5 Å². The molecule has 294 valence electrons. The molecule has 17 heteroatoms. The lowest BCUT2D eigenvalue weighted by Crippen LogP contribution is -2.58. The third-order valence-corrected chi connectivity index (χ3v) is 8.71. The first kappa shape index (κ1) is 44.1. The first-order valence-electron chi connectivity index (χ1n) is 18.0. The van der Waals surface area contributed by atoms with Gasteiger partial charge in [0.15, 0.2) is 5.78 Å². The monoisotopic (exact) mass is 744 g/mol. The lowest BCUT2D eigenvalue weighted by molar-refractivity contribution is -0.144. The number of hydrogen-bond donors (Lipinski definition) is 10. The van der Waals surface area contributed by atoms with E-state index in [1.54, 1.807) is 24.3 Å². The molecule has 0 fully saturated rings. The number of aliphatic carboxylic acids is 1. The summed E-state index contributed by atoms with van der Waals surface area (Å²) in [5.74, 6) is -5.39. The molecule has 0 spiro atoms. The van der Waals surface area contributed by atoms with Crippen LogP contribution in [0.3, 0.4) is 0 Å². The number of aromatic hydroxyl groups is 1. The standard InChI is InChI=1S/C36H56N8O9/c1-21(2)18-23(35(51)52)20-30(46)29(19-22-12-14-24(45)15-13-22)44-34(50)26-9-4-3-8-25(38)31(47)41-28(11-7-17-40-36(39)53)33(49)43-27(32(48)42-26)10-5-6-16-37/h3-4,12-15,21,23,25-29,45H,5-11,16-20,37-38H2,1-2H3,(H,41,47)(H,42,48)(H,43,49)(H,44,50)(H,51,52)(H3,39,40,53)/t23-,25+,26+,27+,28+,29+/m1/s1. The first-order chi connectivity index (χ1) is 25.1. The van der Waals surface area contributed by atoms with Crippen LogP contribution < -0.4 is 43.8 Å². The molecule has 0 unspecified atom stereocenters. The summed E-state index contributed by atoms with van der Waals surface area (Å²) in [6, 6.07) is -0.506. The number of rotatable bonds is 18. The van der Waals surface area contributed by atoms with E-state index in [1.165, 1.54) is 12.1 Å². The number of benzene rings is 1. The Hall–Kier alpha value is -5.03. The maximum absolute atomic E-state index is 13.9.